The highest BCUT2D eigenvalue weighted by atomic mass is 16.2. The third-order valence-corrected chi connectivity index (χ3v) is 8.21. The molecule has 1 saturated heterocycles. The van der Waals surface area contributed by atoms with Gasteiger partial charge in [0.25, 0.3) is 0 Å². The summed E-state index contributed by atoms with van der Waals surface area (Å²) < 4.78 is 0. The van der Waals surface area contributed by atoms with Gasteiger partial charge < -0.3 is 0 Å². The maximum absolute atomic E-state index is 14.3. The summed E-state index contributed by atoms with van der Waals surface area (Å²) in [6.45, 7) is 2.00. The molecule has 5 heteroatoms. The molecule has 2 atom stereocenters. The van der Waals surface area contributed by atoms with Gasteiger partial charge in [-0.2, -0.15) is 5.10 Å². The van der Waals surface area contributed by atoms with Crippen molar-refractivity contribution in [1.29, 1.82) is 0 Å². The number of hydrogen-bond acceptors (Lipinski definition) is 4. The van der Waals surface area contributed by atoms with Crippen LogP contribution in [0.5, 0.6) is 0 Å². The van der Waals surface area contributed by atoms with Crippen LogP contribution in [0.1, 0.15) is 33.7 Å². The topological polar surface area (TPSA) is 61.8 Å². The van der Waals surface area contributed by atoms with Crippen molar-refractivity contribution in [2.75, 3.05) is 10.3 Å². The normalized spacial score (nSPS) is 25.2. The Kier molecular flexibility index (Phi) is 4.70. The molecule has 3 aliphatic carbocycles. The highest BCUT2D eigenvalue weighted by Crippen LogP contribution is 2.63. The van der Waals surface area contributed by atoms with Crippen LogP contribution in [0.25, 0.3) is 0 Å². The summed E-state index contributed by atoms with van der Waals surface area (Å²) in [6.07, 6.45) is 1.87. The Morgan fingerprint density at radius 2 is 1.35 bits per heavy atom. The van der Waals surface area contributed by atoms with Gasteiger partial charge in [-0.3, -0.25) is 15.0 Å². The molecule has 8 rings (SSSR count). The predicted molar refractivity (Wildman–Crippen MR) is 145 cm³/mol. The Labute approximate surface area is 215 Å². The lowest BCUT2D eigenvalue weighted by Crippen LogP contribution is -2.54. The van der Waals surface area contributed by atoms with Crippen LogP contribution >= 0.6 is 0 Å². The summed E-state index contributed by atoms with van der Waals surface area (Å²) in [5.41, 5.74) is 9.12. The number of hydrazone groups is 1. The first-order valence-electron chi connectivity index (χ1n) is 12.6. The van der Waals surface area contributed by atoms with Crippen molar-refractivity contribution in [3.63, 3.8) is 0 Å². The van der Waals surface area contributed by atoms with E-state index in [0.717, 1.165) is 33.5 Å². The largest absolute Gasteiger partial charge is 0.279 e. The first-order valence-corrected chi connectivity index (χ1v) is 12.6. The fourth-order valence-electron chi connectivity index (χ4n) is 6.72. The number of amides is 2. The summed E-state index contributed by atoms with van der Waals surface area (Å²) >= 11 is 0. The minimum absolute atomic E-state index is 0.137. The van der Waals surface area contributed by atoms with Gasteiger partial charge in [-0.1, -0.05) is 84.4 Å². The number of anilines is 2. The minimum atomic E-state index is -0.874. The van der Waals surface area contributed by atoms with Gasteiger partial charge in [0.15, 0.2) is 0 Å². The van der Waals surface area contributed by atoms with Crippen LogP contribution in [0, 0.1) is 18.8 Å². The average Bonchev–Trinajstić information content (AvgIpc) is 3.21. The van der Waals surface area contributed by atoms with E-state index in [2.05, 4.69) is 29.7 Å². The van der Waals surface area contributed by atoms with E-state index in [1.807, 2.05) is 92.0 Å². The Bertz CT molecular complexity index is 1530. The fourth-order valence-corrected chi connectivity index (χ4v) is 6.72. The molecule has 2 bridgehead atoms. The Hall–Kier alpha value is -4.51. The van der Waals surface area contributed by atoms with Crippen molar-refractivity contribution in [3.05, 3.63) is 131 Å². The Morgan fingerprint density at radius 3 is 2.00 bits per heavy atom. The van der Waals surface area contributed by atoms with Crippen molar-refractivity contribution < 1.29 is 9.59 Å². The molecule has 4 aliphatic rings. The summed E-state index contributed by atoms with van der Waals surface area (Å²) in [5.74, 6) is -1.57. The zero-order valence-electron chi connectivity index (χ0n) is 20.3. The van der Waals surface area contributed by atoms with Gasteiger partial charge in [0.05, 0.1) is 28.6 Å². The monoisotopic (exact) mass is 483 g/mol. The minimum Gasteiger partial charge on any atom is -0.279 e. The number of nitrogens with one attached hydrogen (secondary N) is 1. The zero-order chi connectivity index (χ0) is 25.1. The standard InChI is InChI=1S/C32H25N3O2/c1-20-15-17-22(18-16-20)35-30(36)28-27-23-11-5-7-13-25(23)32(29(28)31(35)37,26-14-8-6-12-24(26)27)19-33-34-21-9-3-2-4-10-21/h2-19,27-29,34H,1H3/b33-19-/t27?,28-,29+,32?/m0/s1. The maximum Gasteiger partial charge on any atom is 0.239 e. The molecule has 2 amide bonds. The van der Waals surface area contributed by atoms with Crippen LogP contribution < -0.4 is 10.3 Å². The number of carbonyl (C=O) groups is 2. The molecule has 1 aliphatic heterocycles. The smallest absolute Gasteiger partial charge is 0.239 e. The molecule has 1 N–H and O–H groups in total. The molecule has 1 fully saturated rings. The molecule has 4 aromatic rings. The molecule has 0 spiro atoms. The van der Waals surface area contributed by atoms with Crippen LogP contribution in [0.2, 0.25) is 0 Å². The highest BCUT2D eigenvalue weighted by molar-refractivity contribution is 6.25. The molecular formula is C32H25N3O2. The molecule has 0 aromatic heterocycles. The third kappa shape index (κ3) is 2.94. The molecule has 37 heavy (non-hydrogen) atoms. The van der Waals surface area contributed by atoms with Gasteiger partial charge in [-0.05, 0) is 53.4 Å². The van der Waals surface area contributed by atoms with Crippen molar-refractivity contribution in [1.82, 2.24) is 0 Å². The Balaban J connectivity index is 1.45. The third-order valence-electron chi connectivity index (χ3n) is 8.21. The van der Waals surface area contributed by atoms with Crippen LogP contribution in [0.15, 0.2) is 108 Å². The summed E-state index contributed by atoms with van der Waals surface area (Å²) in [6, 6.07) is 33.8. The average molecular weight is 484 g/mol. The lowest BCUT2D eigenvalue weighted by molar-refractivity contribution is -0.122. The lowest BCUT2D eigenvalue weighted by atomic mass is 9.47. The van der Waals surface area contributed by atoms with Gasteiger partial charge >= 0.3 is 0 Å². The molecule has 0 radical (unpaired) electrons. The first-order chi connectivity index (χ1) is 18.1. The second-order valence-corrected chi connectivity index (χ2v) is 10.1. The van der Waals surface area contributed by atoms with Crippen LogP contribution in [0.3, 0.4) is 0 Å². The van der Waals surface area contributed by atoms with E-state index in [4.69, 9.17) is 5.10 Å². The number of hydrogen-bond donors (Lipinski definition) is 1. The maximum atomic E-state index is 14.3. The van der Waals surface area contributed by atoms with Crippen molar-refractivity contribution in [2.24, 2.45) is 16.9 Å². The number of para-hydroxylation sites is 1. The summed E-state index contributed by atoms with van der Waals surface area (Å²) in [5, 5.41) is 4.70. The second kappa shape index (κ2) is 8.00. The Morgan fingerprint density at radius 1 is 0.757 bits per heavy atom. The molecule has 1 heterocycles. The zero-order valence-corrected chi connectivity index (χ0v) is 20.3. The van der Waals surface area contributed by atoms with E-state index in [0.29, 0.717) is 5.69 Å². The van der Waals surface area contributed by atoms with Crippen molar-refractivity contribution in [2.45, 2.75) is 18.3 Å². The van der Waals surface area contributed by atoms with Crippen LogP contribution in [-0.4, -0.2) is 18.0 Å². The van der Waals surface area contributed by atoms with Gasteiger partial charge in [0.1, 0.15) is 0 Å². The van der Waals surface area contributed by atoms with Gasteiger partial charge in [0.2, 0.25) is 11.8 Å². The quantitative estimate of drug-likeness (QED) is 0.232. The van der Waals surface area contributed by atoms with Crippen LogP contribution in [0.4, 0.5) is 11.4 Å². The number of aryl methyl sites for hydroxylation is 1. The van der Waals surface area contributed by atoms with E-state index >= 15 is 0 Å². The van der Waals surface area contributed by atoms with Gasteiger partial charge in [-0.25, -0.2) is 4.90 Å². The van der Waals surface area contributed by atoms with Crippen LogP contribution in [-0.2, 0) is 15.0 Å². The number of benzene rings is 4. The predicted octanol–water partition coefficient (Wildman–Crippen LogP) is 5.64. The molecule has 180 valence electrons. The van der Waals surface area contributed by atoms with E-state index in [1.165, 1.54) is 4.90 Å². The SMILES string of the molecule is Cc1ccc(N2C(=O)[C@H]3C4c5ccccc5C(/C=N\Nc5ccccc5)(c5ccccc54)[C@H]3C2=O)cc1. The molecule has 0 unspecified atom stereocenters. The number of nitrogens with zero attached hydrogens (tertiary/aromatic N) is 2. The summed E-state index contributed by atoms with van der Waals surface area (Å²) in [4.78, 5) is 29.8. The lowest BCUT2D eigenvalue weighted by Gasteiger charge is -2.52. The van der Waals surface area contributed by atoms with Crippen molar-refractivity contribution >= 4 is 29.4 Å². The van der Waals surface area contributed by atoms with Crippen molar-refractivity contribution in [3.8, 4) is 0 Å². The number of carbonyl (C=O) groups excluding carboxylic acids is 2. The molecule has 4 aromatic carbocycles. The molecular weight excluding hydrogens is 458 g/mol. The van der Waals surface area contributed by atoms with E-state index < -0.39 is 17.3 Å². The number of imide groups is 1. The van der Waals surface area contributed by atoms with E-state index in [-0.39, 0.29) is 17.7 Å². The fraction of sp³-hybridized carbons (Fsp3) is 0.156. The first kappa shape index (κ1) is 21.7. The van der Waals surface area contributed by atoms with Gasteiger partial charge in [0, 0.05) is 12.1 Å². The number of rotatable bonds is 4. The van der Waals surface area contributed by atoms with Gasteiger partial charge in [-0.15, -0.1) is 0 Å². The second-order valence-electron chi connectivity index (χ2n) is 10.1. The molecule has 0 saturated carbocycles. The van der Waals surface area contributed by atoms with E-state index in [1.54, 1.807) is 0 Å². The molecule has 5 nitrogen and oxygen atoms in total. The highest BCUT2D eigenvalue weighted by Gasteiger charge is 2.68. The summed E-state index contributed by atoms with van der Waals surface area (Å²) in [7, 11) is 0. The van der Waals surface area contributed by atoms with E-state index in [9.17, 15) is 9.59 Å².